The van der Waals surface area contributed by atoms with Crippen LogP contribution in [0.5, 0.6) is 0 Å². The van der Waals surface area contributed by atoms with Crippen LogP contribution in [-0.4, -0.2) is 43.0 Å². The van der Waals surface area contributed by atoms with Crippen LogP contribution in [0.3, 0.4) is 0 Å². The molecule has 0 aromatic carbocycles. The highest BCUT2D eigenvalue weighted by molar-refractivity contribution is 4.69. The molecule has 60 valence electrons. The SMILES string of the molecule is CN(CO)C1CCOCC1. The lowest BCUT2D eigenvalue weighted by molar-refractivity contribution is 0.0118. The maximum atomic E-state index is 8.77. The molecule has 0 atom stereocenters. The van der Waals surface area contributed by atoms with Crippen molar-refractivity contribution < 1.29 is 9.84 Å². The molecule has 1 saturated heterocycles. The quantitative estimate of drug-likeness (QED) is 0.557. The standard InChI is InChI=1S/C7H15NO2/c1-8(6-9)7-2-4-10-5-3-7/h7,9H,2-6H2,1H3. The molecule has 1 aliphatic rings. The molecule has 0 unspecified atom stereocenters. The summed E-state index contributed by atoms with van der Waals surface area (Å²) >= 11 is 0. The van der Waals surface area contributed by atoms with Gasteiger partial charge in [0.15, 0.2) is 0 Å². The molecule has 1 aliphatic heterocycles. The average molecular weight is 145 g/mol. The van der Waals surface area contributed by atoms with Crippen LogP contribution in [0, 0.1) is 0 Å². The fourth-order valence-corrected chi connectivity index (χ4v) is 1.24. The normalized spacial score (nSPS) is 21.9. The van der Waals surface area contributed by atoms with E-state index in [0.29, 0.717) is 6.04 Å². The molecule has 0 aliphatic carbocycles. The molecular formula is C7H15NO2. The summed E-state index contributed by atoms with van der Waals surface area (Å²) in [5.41, 5.74) is 0. The third-order valence-corrected chi connectivity index (χ3v) is 2.04. The van der Waals surface area contributed by atoms with Crippen LogP contribution < -0.4 is 0 Å². The van der Waals surface area contributed by atoms with Gasteiger partial charge in [0, 0.05) is 19.3 Å². The lowest BCUT2D eigenvalue weighted by Gasteiger charge is -2.29. The Balaban J connectivity index is 2.24. The molecule has 1 heterocycles. The molecule has 1 fully saturated rings. The van der Waals surface area contributed by atoms with E-state index in [4.69, 9.17) is 9.84 Å². The summed E-state index contributed by atoms with van der Waals surface area (Å²) in [4.78, 5) is 1.96. The Kier molecular flexibility index (Phi) is 3.12. The van der Waals surface area contributed by atoms with E-state index in [1.807, 2.05) is 11.9 Å². The minimum atomic E-state index is 0.157. The smallest absolute Gasteiger partial charge is 0.0956 e. The van der Waals surface area contributed by atoms with Crippen LogP contribution in [0.15, 0.2) is 0 Å². The van der Waals surface area contributed by atoms with Crippen molar-refractivity contribution in [1.82, 2.24) is 4.90 Å². The van der Waals surface area contributed by atoms with Gasteiger partial charge in [-0.15, -0.1) is 0 Å². The second-order valence-electron chi connectivity index (χ2n) is 2.74. The van der Waals surface area contributed by atoms with Gasteiger partial charge in [0.25, 0.3) is 0 Å². The minimum Gasteiger partial charge on any atom is -0.381 e. The van der Waals surface area contributed by atoms with E-state index >= 15 is 0 Å². The van der Waals surface area contributed by atoms with Crippen molar-refractivity contribution in [2.75, 3.05) is 27.0 Å². The van der Waals surface area contributed by atoms with Gasteiger partial charge in [-0.25, -0.2) is 0 Å². The van der Waals surface area contributed by atoms with Gasteiger partial charge in [0.1, 0.15) is 0 Å². The third kappa shape index (κ3) is 1.94. The molecular weight excluding hydrogens is 130 g/mol. The van der Waals surface area contributed by atoms with Gasteiger partial charge in [0.2, 0.25) is 0 Å². The minimum absolute atomic E-state index is 0.157. The van der Waals surface area contributed by atoms with E-state index in [2.05, 4.69) is 0 Å². The lowest BCUT2D eigenvalue weighted by atomic mass is 10.1. The topological polar surface area (TPSA) is 32.7 Å². The largest absolute Gasteiger partial charge is 0.381 e. The van der Waals surface area contributed by atoms with Crippen molar-refractivity contribution in [2.45, 2.75) is 18.9 Å². The number of ether oxygens (including phenoxy) is 1. The molecule has 0 aromatic heterocycles. The summed E-state index contributed by atoms with van der Waals surface area (Å²) in [5.74, 6) is 0. The maximum Gasteiger partial charge on any atom is 0.0956 e. The first-order valence-electron chi connectivity index (χ1n) is 3.73. The van der Waals surface area contributed by atoms with E-state index < -0.39 is 0 Å². The first-order chi connectivity index (χ1) is 4.84. The predicted molar refractivity (Wildman–Crippen MR) is 38.7 cm³/mol. The zero-order valence-corrected chi connectivity index (χ0v) is 6.42. The number of rotatable bonds is 2. The molecule has 1 rings (SSSR count). The van der Waals surface area contributed by atoms with Crippen molar-refractivity contribution in [1.29, 1.82) is 0 Å². The fourth-order valence-electron chi connectivity index (χ4n) is 1.24. The van der Waals surface area contributed by atoms with Crippen molar-refractivity contribution in [2.24, 2.45) is 0 Å². The third-order valence-electron chi connectivity index (χ3n) is 2.04. The highest BCUT2D eigenvalue weighted by Crippen LogP contribution is 2.11. The van der Waals surface area contributed by atoms with E-state index in [1.165, 1.54) is 0 Å². The molecule has 10 heavy (non-hydrogen) atoms. The molecule has 3 nitrogen and oxygen atoms in total. The zero-order valence-electron chi connectivity index (χ0n) is 6.42. The predicted octanol–water partition coefficient (Wildman–Crippen LogP) is 0.0470. The Labute approximate surface area is 61.6 Å². The second kappa shape index (κ2) is 3.91. The zero-order chi connectivity index (χ0) is 7.40. The van der Waals surface area contributed by atoms with E-state index in [-0.39, 0.29) is 6.73 Å². The Morgan fingerprint density at radius 3 is 2.60 bits per heavy atom. The average Bonchev–Trinajstić information content (AvgIpc) is 2.05. The number of hydrogen-bond acceptors (Lipinski definition) is 3. The van der Waals surface area contributed by atoms with Gasteiger partial charge in [-0.3, -0.25) is 4.90 Å². The molecule has 0 spiro atoms. The Hall–Kier alpha value is -0.120. The Morgan fingerprint density at radius 1 is 1.50 bits per heavy atom. The molecule has 0 amide bonds. The summed E-state index contributed by atoms with van der Waals surface area (Å²) in [6.07, 6.45) is 2.11. The van der Waals surface area contributed by atoms with E-state index in [1.54, 1.807) is 0 Å². The second-order valence-corrected chi connectivity index (χ2v) is 2.74. The molecule has 3 heteroatoms. The highest BCUT2D eigenvalue weighted by atomic mass is 16.5. The first-order valence-corrected chi connectivity index (χ1v) is 3.73. The van der Waals surface area contributed by atoms with Gasteiger partial charge < -0.3 is 9.84 Å². The lowest BCUT2D eigenvalue weighted by Crippen LogP contribution is -2.37. The molecule has 0 aromatic rings. The number of aliphatic hydroxyl groups is 1. The van der Waals surface area contributed by atoms with Gasteiger partial charge in [0.05, 0.1) is 6.73 Å². The fraction of sp³-hybridized carbons (Fsp3) is 1.00. The van der Waals surface area contributed by atoms with Crippen molar-refractivity contribution in [3.63, 3.8) is 0 Å². The number of aliphatic hydroxyl groups excluding tert-OH is 1. The summed E-state index contributed by atoms with van der Waals surface area (Å²) in [5, 5.41) is 8.77. The molecule has 0 saturated carbocycles. The molecule has 1 N–H and O–H groups in total. The highest BCUT2D eigenvalue weighted by Gasteiger charge is 2.16. The Bertz CT molecular complexity index is 91.6. The van der Waals surface area contributed by atoms with E-state index in [9.17, 15) is 0 Å². The van der Waals surface area contributed by atoms with Crippen molar-refractivity contribution >= 4 is 0 Å². The molecule has 0 radical (unpaired) electrons. The van der Waals surface area contributed by atoms with Gasteiger partial charge in [-0.05, 0) is 19.9 Å². The van der Waals surface area contributed by atoms with Crippen LogP contribution in [-0.2, 0) is 4.74 Å². The van der Waals surface area contributed by atoms with Crippen LogP contribution in [0.2, 0.25) is 0 Å². The van der Waals surface area contributed by atoms with Crippen LogP contribution >= 0.6 is 0 Å². The monoisotopic (exact) mass is 145 g/mol. The number of hydrogen-bond donors (Lipinski definition) is 1. The van der Waals surface area contributed by atoms with E-state index in [0.717, 1.165) is 26.1 Å². The van der Waals surface area contributed by atoms with Crippen molar-refractivity contribution in [3.8, 4) is 0 Å². The summed E-state index contributed by atoms with van der Waals surface area (Å²) in [7, 11) is 1.94. The van der Waals surface area contributed by atoms with Gasteiger partial charge >= 0.3 is 0 Å². The first kappa shape index (κ1) is 7.98. The van der Waals surface area contributed by atoms with Gasteiger partial charge in [-0.1, -0.05) is 0 Å². The van der Waals surface area contributed by atoms with Crippen molar-refractivity contribution in [3.05, 3.63) is 0 Å². The summed E-state index contributed by atoms with van der Waals surface area (Å²) in [6, 6.07) is 0.527. The summed E-state index contributed by atoms with van der Waals surface area (Å²) < 4.78 is 5.19. The maximum absolute atomic E-state index is 8.77. The van der Waals surface area contributed by atoms with Gasteiger partial charge in [-0.2, -0.15) is 0 Å². The van der Waals surface area contributed by atoms with Crippen LogP contribution in [0.25, 0.3) is 0 Å². The summed E-state index contributed by atoms with van der Waals surface area (Å²) in [6.45, 7) is 1.84. The molecule has 0 bridgehead atoms. The van der Waals surface area contributed by atoms with Crippen LogP contribution in [0.4, 0.5) is 0 Å². The Morgan fingerprint density at radius 2 is 2.10 bits per heavy atom. The van der Waals surface area contributed by atoms with Crippen LogP contribution in [0.1, 0.15) is 12.8 Å². The number of nitrogens with zero attached hydrogens (tertiary/aromatic N) is 1.